The second kappa shape index (κ2) is 4.52. The van der Waals surface area contributed by atoms with Gasteiger partial charge in [0.1, 0.15) is 16.5 Å². The number of benzene rings is 1. The van der Waals surface area contributed by atoms with Crippen LogP contribution in [0.3, 0.4) is 0 Å². The average molecular weight is 304 g/mol. The fourth-order valence-corrected chi connectivity index (χ4v) is 3.09. The number of H-pyrrole nitrogens is 1. The van der Waals surface area contributed by atoms with Crippen molar-refractivity contribution in [1.82, 2.24) is 4.98 Å². The first-order chi connectivity index (χ1) is 10.7. The van der Waals surface area contributed by atoms with Gasteiger partial charge in [0.15, 0.2) is 5.78 Å². The van der Waals surface area contributed by atoms with Crippen LogP contribution < -0.4 is 0 Å². The molecule has 0 saturated heterocycles. The summed E-state index contributed by atoms with van der Waals surface area (Å²) in [6.45, 7) is 0. The van der Waals surface area contributed by atoms with Gasteiger partial charge in [0.2, 0.25) is 0 Å². The standard InChI is InChI=1S/C17H8N2O2S/c18-8-11-13(12-6-3-7-21-12)14-15(19-17(11)22)9-4-1-2-5-10(9)16(14)20/h1-7H,(H,19,22). The molecule has 0 bridgehead atoms. The topological polar surface area (TPSA) is 69.8 Å². The molecule has 0 radical (unpaired) electrons. The van der Waals surface area contributed by atoms with E-state index in [0.29, 0.717) is 32.8 Å². The van der Waals surface area contributed by atoms with Crippen molar-refractivity contribution in [2.24, 2.45) is 0 Å². The SMILES string of the molecule is N#Cc1c(-c2ccco2)c2c([nH]c1=S)-c1ccccc1C2=O. The highest BCUT2D eigenvalue weighted by atomic mass is 32.1. The van der Waals surface area contributed by atoms with Crippen LogP contribution in [0, 0.1) is 16.0 Å². The van der Waals surface area contributed by atoms with Crippen molar-refractivity contribution in [3.63, 3.8) is 0 Å². The van der Waals surface area contributed by atoms with Gasteiger partial charge >= 0.3 is 0 Å². The second-order valence-corrected chi connectivity index (χ2v) is 5.33. The Morgan fingerprint density at radius 2 is 1.86 bits per heavy atom. The summed E-state index contributed by atoms with van der Waals surface area (Å²) in [6, 6.07) is 12.8. The van der Waals surface area contributed by atoms with Crippen molar-refractivity contribution >= 4 is 18.0 Å². The number of hydrogen-bond acceptors (Lipinski definition) is 4. The van der Waals surface area contributed by atoms with Gasteiger partial charge in [-0.25, -0.2) is 0 Å². The Bertz CT molecular complexity index is 1020. The fourth-order valence-electron chi connectivity index (χ4n) is 2.84. The number of aromatic nitrogens is 1. The molecule has 2 aromatic heterocycles. The van der Waals surface area contributed by atoms with Crippen molar-refractivity contribution in [2.45, 2.75) is 0 Å². The number of nitrogens with one attached hydrogen (secondary N) is 1. The smallest absolute Gasteiger partial charge is 0.196 e. The summed E-state index contributed by atoms with van der Waals surface area (Å²) < 4.78 is 5.73. The van der Waals surface area contributed by atoms with Gasteiger partial charge in [0.25, 0.3) is 0 Å². The lowest BCUT2D eigenvalue weighted by Crippen LogP contribution is -2.02. The Balaban J connectivity index is 2.19. The maximum absolute atomic E-state index is 12.8. The molecule has 1 aromatic carbocycles. The molecular formula is C17H8N2O2S. The minimum absolute atomic E-state index is 0.125. The monoisotopic (exact) mass is 304 g/mol. The second-order valence-electron chi connectivity index (χ2n) is 4.92. The van der Waals surface area contributed by atoms with Crippen molar-refractivity contribution < 1.29 is 9.21 Å². The molecule has 4 nitrogen and oxygen atoms in total. The minimum atomic E-state index is -0.125. The van der Waals surface area contributed by atoms with Gasteiger partial charge < -0.3 is 9.40 Å². The highest BCUT2D eigenvalue weighted by Crippen LogP contribution is 2.41. The molecule has 3 aromatic rings. The Kier molecular flexibility index (Phi) is 2.62. The van der Waals surface area contributed by atoms with E-state index >= 15 is 0 Å². The molecule has 2 heterocycles. The lowest BCUT2D eigenvalue weighted by atomic mass is 9.99. The lowest BCUT2D eigenvalue weighted by Gasteiger charge is -2.08. The number of nitriles is 1. The average Bonchev–Trinajstić information content (AvgIpc) is 3.15. The van der Waals surface area contributed by atoms with Crippen LogP contribution in [-0.2, 0) is 0 Å². The van der Waals surface area contributed by atoms with Crippen molar-refractivity contribution in [3.05, 3.63) is 64.0 Å². The Morgan fingerprint density at radius 3 is 2.55 bits per heavy atom. The number of hydrogen-bond donors (Lipinski definition) is 1. The van der Waals surface area contributed by atoms with Crippen LogP contribution in [-0.4, -0.2) is 10.8 Å². The molecule has 0 spiro atoms. The van der Waals surface area contributed by atoms with E-state index in [0.717, 1.165) is 5.56 Å². The first kappa shape index (κ1) is 12.7. The number of ketones is 1. The van der Waals surface area contributed by atoms with Gasteiger partial charge in [-0.3, -0.25) is 4.79 Å². The number of nitrogens with zero attached hydrogens (tertiary/aromatic N) is 1. The van der Waals surface area contributed by atoms with Crippen LogP contribution in [0.5, 0.6) is 0 Å². The molecule has 4 rings (SSSR count). The zero-order valence-corrected chi connectivity index (χ0v) is 12.0. The van der Waals surface area contributed by atoms with Crippen molar-refractivity contribution in [1.29, 1.82) is 5.26 Å². The van der Waals surface area contributed by atoms with Gasteiger partial charge in [-0.15, -0.1) is 0 Å². The highest BCUT2D eigenvalue weighted by molar-refractivity contribution is 7.71. The summed E-state index contributed by atoms with van der Waals surface area (Å²) in [5, 5.41) is 9.44. The summed E-state index contributed by atoms with van der Waals surface area (Å²) in [7, 11) is 0. The fraction of sp³-hybridized carbons (Fsp3) is 0. The van der Waals surface area contributed by atoms with Gasteiger partial charge in [-0.05, 0) is 12.1 Å². The molecule has 5 heteroatoms. The number of pyridine rings is 1. The summed E-state index contributed by atoms with van der Waals surface area (Å²) >= 11 is 5.29. The molecule has 0 unspecified atom stereocenters. The van der Waals surface area contributed by atoms with Crippen LogP contribution in [0.15, 0.2) is 47.1 Å². The number of furan rings is 1. The predicted octanol–water partition coefficient (Wildman–Crippen LogP) is 4.09. The summed E-state index contributed by atoms with van der Waals surface area (Å²) in [5.74, 6) is 0.341. The quantitative estimate of drug-likeness (QED) is 0.538. The van der Waals surface area contributed by atoms with Crippen LogP contribution in [0.1, 0.15) is 21.5 Å². The zero-order chi connectivity index (χ0) is 15.3. The third-order valence-corrected chi connectivity index (χ3v) is 4.07. The van der Waals surface area contributed by atoms with Gasteiger partial charge in [0.05, 0.1) is 28.6 Å². The molecule has 1 aliphatic rings. The van der Waals surface area contributed by atoms with E-state index in [1.807, 2.05) is 18.2 Å². The van der Waals surface area contributed by atoms with Crippen LogP contribution in [0.4, 0.5) is 0 Å². The molecule has 0 fully saturated rings. The molecule has 0 saturated carbocycles. The predicted molar refractivity (Wildman–Crippen MR) is 82.9 cm³/mol. The van der Waals surface area contributed by atoms with Crippen molar-refractivity contribution in [2.75, 3.05) is 0 Å². The summed E-state index contributed by atoms with van der Waals surface area (Å²) in [4.78, 5) is 15.8. The van der Waals surface area contributed by atoms with E-state index in [-0.39, 0.29) is 11.3 Å². The van der Waals surface area contributed by atoms with E-state index in [1.165, 1.54) is 6.26 Å². The van der Waals surface area contributed by atoms with Crippen LogP contribution in [0.2, 0.25) is 0 Å². The Labute approximate surface area is 130 Å². The zero-order valence-electron chi connectivity index (χ0n) is 11.2. The summed E-state index contributed by atoms with van der Waals surface area (Å²) in [5.41, 5.74) is 3.21. The molecular weight excluding hydrogens is 296 g/mol. The molecule has 0 amide bonds. The molecule has 1 N–H and O–H groups in total. The molecule has 0 aliphatic heterocycles. The number of aromatic amines is 1. The van der Waals surface area contributed by atoms with Crippen LogP contribution >= 0.6 is 12.2 Å². The lowest BCUT2D eigenvalue weighted by molar-refractivity contribution is 0.104. The van der Waals surface area contributed by atoms with Gasteiger partial charge in [0, 0.05) is 11.1 Å². The third-order valence-electron chi connectivity index (χ3n) is 3.76. The van der Waals surface area contributed by atoms with E-state index in [2.05, 4.69) is 11.1 Å². The maximum Gasteiger partial charge on any atom is 0.196 e. The third kappa shape index (κ3) is 1.56. The van der Waals surface area contributed by atoms with Crippen LogP contribution in [0.25, 0.3) is 22.6 Å². The Hall–Kier alpha value is -2.97. The molecule has 104 valence electrons. The minimum Gasteiger partial charge on any atom is -0.464 e. The van der Waals surface area contributed by atoms with E-state index in [9.17, 15) is 10.1 Å². The summed E-state index contributed by atoms with van der Waals surface area (Å²) in [6.07, 6.45) is 1.51. The normalized spacial score (nSPS) is 11.9. The van der Waals surface area contributed by atoms with Gasteiger partial charge in [-0.1, -0.05) is 36.5 Å². The molecule has 0 atom stereocenters. The first-order valence-corrected chi connectivity index (χ1v) is 7.01. The van der Waals surface area contributed by atoms with E-state index in [4.69, 9.17) is 16.6 Å². The van der Waals surface area contributed by atoms with E-state index < -0.39 is 0 Å². The molecule has 22 heavy (non-hydrogen) atoms. The largest absolute Gasteiger partial charge is 0.464 e. The first-order valence-electron chi connectivity index (χ1n) is 6.60. The maximum atomic E-state index is 12.8. The number of carbonyl (C=O) groups is 1. The Morgan fingerprint density at radius 1 is 1.09 bits per heavy atom. The number of carbonyl (C=O) groups excluding carboxylic acids is 1. The van der Waals surface area contributed by atoms with E-state index in [1.54, 1.807) is 18.2 Å². The number of fused-ring (bicyclic) bond motifs is 3. The van der Waals surface area contributed by atoms with Crippen molar-refractivity contribution in [3.8, 4) is 28.7 Å². The van der Waals surface area contributed by atoms with Gasteiger partial charge in [-0.2, -0.15) is 5.26 Å². The molecule has 1 aliphatic carbocycles. The number of rotatable bonds is 1. The highest BCUT2D eigenvalue weighted by Gasteiger charge is 2.33.